The molecule has 28 heavy (non-hydrogen) atoms. The van der Waals surface area contributed by atoms with Crippen LogP contribution in [0, 0.1) is 16.0 Å². The topological polar surface area (TPSA) is 108 Å². The SMILES string of the molecule is CC(OC(=O)OCc1ccccc1[N+](=O)[O-])C1C(=O)N2C(C)(C)OCCC12C. The van der Waals surface area contributed by atoms with Crippen LogP contribution in [0.25, 0.3) is 0 Å². The Hall–Kier alpha value is -2.68. The first-order valence-corrected chi connectivity index (χ1v) is 9.12. The number of benzene rings is 1. The van der Waals surface area contributed by atoms with Crippen molar-refractivity contribution in [3.63, 3.8) is 0 Å². The standard InChI is InChI=1S/C19H24N2O7/c1-12(15-16(22)20-18(2,3)27-10-9-19(15,20)4)28-17(23)26-11-13-7-5-6-8-14(13)21(24)25/h5-8,12,15H,9-11H2,1-4H3. The molecule has 1 aromatic rings. The summed E-state index contributed by atoms with van der Waals surface area (Å²) in [6.07, 6.45) is -1.01. The molecule has 2 aliphatic heterocycles. The van der Waals surface area contributed by atoms with Crippen LogP contribution in [0.5, 0.6) is 0 Å². The van der Waals surface area contributed by atoms with Crippen molar-refractivity contribution in [1.29, 1.82) is 0 Å². The third kappa shape index (κ3) is 3.30. The number of rotatable bonds is 5. The second-order valence-corrected chi connectivity index (χ2v) is 7.80. The number of para-hydroxylation sites is 1. The number of fused-ring (bicyclic) bond motifs is 1. The highest BCUT2D eigenvalue weighted by Crippen LogP contribution is 2.50. The van der Waals surface area contributed by atoms with Crippen molar-refractivity contribution >= 4 is 17.7 Å². The van der Waals surface area contributed by atoms with Gasteiger partial charge in [-0.05, 0) is 40.2 Å². The van der Waals surface area contributed by atoms with Gasteiger partial charge in [0, 0.05) is 6.07 Å². The maximum Gasteiger partial charge on any atom is 0.508 e. The number of β-lactam (4-membered cyclic amide) rings is 1. The van der Waals surface area contributed by atoms with Crippen LogP contribution in [0.1, 0.15) is 39.7 Å². The van der Waals surface area contributed by atoms with E-state index < -0.39 is 34.4 Å². The molecule has 9 heteroatoms. The van der Waals surface area contributed by atoms with Gasteiger partial charge in [0.05, 0.1) is 28.6 Å². The summed E-state index contributed by atoms with van der Waals surface area (Å²) < 4.78 is 16.0. The average Bonchev–Trinajstić information content (AvgIpc) is 2.58. The number of hydrogen-bond acceptors (Lipinski definition) is 7. The van der Waals surface area contributed by atoms with Crippen LogP contribution in [0.2, 0.25) is 0 Å². The third-order valence-electron chi connectivity index (χ3n) is 5.55. The lowest BCUT2D eigenvalue weighted by Crippen LogP contribution is -2.79. The summed E-state index contributed by atoms with van der Waals surface area (Å²) >= 11 is 0. The molecule has 3 unspecified atom stereocenters. The van der Waals surface area contributed by atoms with Gasteiger partial charge in [-0.15, -0.1) is 0 Å². The molecular weight excluding hydrogens is 368 g/mol. The quantitative estimate of drug-likeness (QED) is 0.328. The molecule has 0 aliphatic carbocycles. The molecule has 1 amide bonds. The molecular formula is C19H24N2O7. The monoisotopic (exact) mass is 392 g/mol. The van der Waals surface area contributed by atoms with Gasteiger partial charge in [0.1, 0.15) is 18.4 Å². The summed E-state index contributed by atoms with van der Waals surface area (Å²) in [7, 11) is 0. The molecule has 3 rings (SSSR count). The molecule has 9 nitrogen and oxygen atoms in total. The predicted octanol–water partition coefficient (Wildman–Crippen LogP) is 3.01. The lowest BCUT2D eigenvalue weighted by Gasteiger charge is -2.65. The maximum absolute atomic E-state index is 12.7. The zero-order valence-corrected chi connectivity index (χ0v) is 16.3. The molecule has 1 aromatic carbocycles. The fourth-order valence-electron chi connectivity index (χ4n) is 4.36. The Morgan fingerprint density at radius 1 is 1.39 bits per heavy atom. The van der Waals surface area contributed by atoms with E-state index in [4.69, 9.17) is 14.2 Å². The van der Waals surface area contributed by atoms with Gasteiger partial charge >= 0.3 is 6.16 Å². The molecule has 0 aromatic heterocycles. The van der Waals surface area contributed by atoms with Gasteiger partial charge in [-0.25, -0.2) is 4.79 Å². The molecule has 2 aliphatic rings. The van der Waals surface area contributed by atoms with E-state index in [2.05, 4.69) is 0 Å². The first-order valence-electron chi connectivity index (χ1n) is 9.12. The molecule has 0 spiro atoms. The van der Waals surface area contributed by atoms with E-state index in [9.17, 15) is 19.7 Å². The van der Waals surface area contributed by atoms with Crippen LogP contribution in [0.4, 0.5) is 10.5 Å². The maximum atomic E-state index is 12.7. The van der Waals surface area contributed by atoms with E-state index in [1.165, 1.54) is 18.2 Å². The molecule has 2 heterocycles. The molecule has 3 atom stereocenters. The van der Waals surface area contributed by atoms with E-state index in [-0.39, 0.29) is 23.8 Å². The smallest absolute Gasteiger partial charge is 0.430 e. The highest BCUT2D eigenvalue weighted by Gasteiger charge is 2.65. The summed E-state index contributed by atoms with van der Waals surface area (Å²) in [6, 6.07) is 6.00. The lowest BCUT2D eigenvalue weighted by atomic mass is 9.67. The normalized spacial score (nSPS) is 26.6. The van der Waals surface area contributed by atoms with Gasteiger partial charge in [-0.3, -0.25) is 14.9 Å². The minimum absolute atomic E-state index is 0.133. The molecule has 0 N–H and O–H groups in total. The van der Waals surface area contributed by atoms with Crippen LogP contribution in [0.3, 0.4) is 0 Å². The van der Waals surface area contributed by atoms with Gasteiger partial charge in [-0.2, -0.15) is 0 Å². The van der Waals surface area contributed by atoms with Crippen LogP contribution in [-0.4, -0.2) is 45.9 Å². The van der Waals surface area contributed by atoms with Gasteiger partial charge in [-0.1, -0.05) is 12.1 Å². The Morgan fingerprint density at radius 2 is 2.07 bits per heavy atom. The highest BCUT2D eigenvalue weighted by molar-refractivity contribution is 5.89. The summed E-state index contributed by atoms with van der Waals surface area (Å²) in [5, 5.41) is 11.0. The van der Waals surface area contributed by atoms with Crippen LogP contribution >= 0.6 is 0 Å². The Labute approximate surface area is 162 Å². The van der Waals surface area contributed by atoms with Gasteiger partial charge in [0.25, 0.3) is 5.69 Å². The number of nitro groups is 1. The van der Waals surface area contributed by atoms with Crippen molar-refractivity contribution in [3.8, 4) is 0 Å². The average molecular weight is 392 g/mol. The van der Waals surface area contributed by atoms with Crippen molar-refractivity contribution in [3.05, 3.63) is 39.9 Å². The number of ether oxygens (including phenoxy) is 3. The molecule has 0 saturated carbocycles. The fraction of sp³-hybridized carbons (Fsp3) is 0.579. The van der Waals surface area contributed by atoms with Gasteiger partial charge in [0.15, 0.2) is 0 Å². The Balaban J connectivity index is 1.61. The summed E-state index contributed by atoms with van der Waals surface area (Å²) in [5.41, 5.74) is -1.03. The number of hydrogen-bond donors (Lipinski definition) is 0. The second kappa shape index (κ2) is 7.05. The van der Waals surface area contributed by atoms with E-state index in [1.54, 1.807) is 17.9 Å². The second-order valence-electron chi connectivity index (χ2n) is 7.80. The number of nitrogens with zero attached hydrogens (tertiary/aromatic N) is 2. The van der Waals surface area contributed by atoms with Crippen LogP contribution < -0.4 is 0 Å². The first kappa shape index (κ1) is 20.1. The van der Waals surface area contributed by atoms with Gasteiger partial charge < -0.3 is 19.1 Å². The Kier molecular flexibility index (Phi) is 5.05. The summed E-state index contributed by atoms with van der Waals surface area (Å²) in [6.45, 7) is 7.52. The molecule has 152 valence electrons. The number of carbonyl (C=O) groups excluding carboxylic acids is 2. The summed E-state index contributed by atoms with van der Waals surface area (Å²) in [4.78, 5) is 36.9. The van der Waals surface area contributed by atoms with E-state index in [1.807, 2.05) is 20.8 Å². The number of nitro benzene ring substituents is 1. The van der Waals surface area contributed by atoms with Crippen molar-refractivity contribution in [2.75, 3.05) is 6.61 Å². The molecule has 2 fully saturated rings. The van der Waals surface area contributed by atoms with Crippen molar-refractivity contribution in [2.24, 2.45) is 5.92 Å². The summed E-state index contributed by atoms with van der Waals surface area (Å²) in [5.74, 6) is -0.625. The largest absolute Gasteiger partial charge is 0.508 e. The fourth-order valence-corrected chi connectivity index (χ4v) is 4.36. The number of carbonyl (C=O) groups is 2. The van der Waals surface area contributed by atoms with E-state index in [0.717, 1.165) is 0 Å². The Bertz CT molecular complexity index is 809. The minimum Gasteiger partial charge on any atom is -0.430 e. The molecule has 0 radical (unpaired) electrons. The van der Waals surface area contributed by atoms with Crippen molar-refractivity contribution in [2.45, 2.75) is 58.1 Å². The lowest BCUT2D eigenvalue weighted by molar-refractivity contribution is -0.385. The first-order chi connectivity index (χ1) is 13.1. The van der Waals surface area contributed by atoms with Crippen LogP contribution in [0.15, 0.2) is 24.3 Å². The third-order valence-corrected chi connectivity index (χ3v) is 5.55. The zero-order valence-electron chi connectivity index (χ0n) is 16.3. The molecule has 2 saturated heterocycles. The molecule has 0 bridgehead atoms. The van der Waals surface area contributed by atoms with Gasteiger partial charge in [0.2, 0.25) is 5.91 Å². The predicted molar refractivity (Wildman–Crippen MR) is 97.2 cm³/mol. The van der Waals surface area contributed by atoms with E-state index in [0.29, 0.717) is 13.0 Å². The minimum atomic E-state index is -0.966. The highest BCUT2D eigenvalue weighted by atomic mass is 16.7. The Morgan fingerprint density at radius 3 is 2.75 bits per heavy atom. The van der Waals surface area contributed by atoms with Crippen LogP contribution in [-0.2, 0) is 25.6 Å². The van der Waals surface area contributed by atoms with Crippen molar-refractivity contribution < 1.29 is 28.7 Å². The van der Waals surface area contributed by atoms with Crippen molar-refractivity contribution in [1.82, 2.24) is 4.90 Å². The zero-order chi connectivity index (χ0) is 20.7. The number of amides is 1. The van der Waals surface area contributed by atoms with E-state index >= 15 is 0 Å².